The average molecular weight is 170 g/mol. The van der Waals surface area contributed by atoms with Crippen LogP contribution in [0.1, 0.15) is 19.3 Å². The van der Waals surface area contributed by atoms with Gasteiger partial charge >= 0.3 is 11.9 Å². The predicted octanol–water partition coefficient (Wildman–Crippen LogP) is 0.882. The van der Waals surface area contributed by atoms with Gasteiger partial charge in [0.25, 0.3) is 0 Å². The number of aliphatic carboxylic acids is 2. The van der Waals surface area contributed by atoms with E-state index in [-0.39, 0.29) is 6.42 Å². The van der Waals surface area contributed by atoms with E-state index in [9.17, 15) is 9.59 Å². The first kappa shape index (κ1) is 8.77. The predicted molar refractivity (Wildman–Crippen MR) is 40.7 cm³/mol. The summed E-state index contributed by atoms with van der Waals surface area (Å²) < 4.78 is 0. The summed E-state index contributed by atoms with van der Waals surface area (Å²) in [4.78, 5) is 21.4. The Hall–Kier alpha value is -1.32. The second-order valence-corrected chi connectivity index (χ2v) is 2.88. The van der Waals surface area contributed by atoms with Crippen LogP contribution in [0.3, 0.4) is 0 Å². The lowest BCUT2D eigenvalue weighted by molar-refractivity contribution is -0.161. The number of rotatable bonds is 2. The van der Waals surface area contributed by atoms with Gasteiger partial charge in [0.05, 0.1) is 0 Å². The summed E-state index contributed by atoms with van der Waals surface area (Å²) in [5.74, 6) is -2.54. The van der Waals surface area contributed by atoms with Gasteiger partial charge in [-0.3, -0.25) is 9.59 Å². The molecule has 0 heterocycles. The first-order chi connectivity index (χ1) is 5.59. The van der Waals surface area contributed by atoms with Crippen molar-refractivity contribution in [3.8, 4) is 0 Å². The molecule has 12 heavy (non-hydrogen) atoms. The summed E-state index contributed by atoms with van der Waals surface area (Å²) in [5.41, 5.74) is -1.67. The highest BCUT2D eigenvalue weighted by Crippen LogP contribution is 2.31. The summed E-state index contributed by atoms with van der Waals surface area (Å²) in [7, 11) is 0. The van der Waals surface area contributed by atoms with Crippen molar-refractivity contribution in [3.63, 3.8) is 0 Å². The Morgan fingerprint density at radius 1 is 1.25 bits per heavy atom. The van der Waals surface area contributed by atoms with E-state index in [1.807, 2.05) is 0 Å². The molecule has 2 N–H and O–H groups in total. The van der Waals surface area contributed by atoms with Crippen molar-refractivity contribution in [2.75, 3.05) is 0 Å². The second kappa shape index (κ2) is 2.97. The van der Waals surface area contributed by atoms with Gasteiger partial charge in [0.1, 0.15) is 0 Å². The van der Waals surface area contributed by atoms with Crippen molar-refractivity contribution >= 4 is 11.9 Å². The van der Waals surface area contributed by atoms with Crippen molar-refractivity contribution in [1.82, 2.24) is 0 Å². The number of carboxylic acid groups (broad SMARTS) is 2. The van der Waals surface area contributed by atoms with Crippen LogP contribution in [0.5, 0.6) is 0 Å². The molecule has 0 spiro atoms. The Balaban J connectivity index is 3.01. The van der Waals surface area contributed by atoms with E-state index in [1.54, 1.807) is 6.08 Å². The molecule has 4 heteroatoms. The van der Waals surface area contributed by atoms with Crippen LogP contribution in [0.25, 0.3) is 0 Å². The zero-order valence-electron chi connectivity index (χ0n) is 6.49. The molecular formula is C8H10O4. The second-order valence-electron chi connectivity index (χ2n) is 2.88. The molecule has 0 aliphatic heterocycles. The number of carbonyl (C=O) groups is 2. The lowest BCUT2D eigenvalue weighted by Crippen LogP contribution is -2.38. The molecule has 1 aliphatic carbocycles. The van der Waals surface area contributed by atoms with Crippen LogP contribution < -0.4 is 0 Å². The Morgan fingerprint density at radius 2 is 1.83 bits per heavy atom. The zero-order chi connectivity index (χ0) is 9.19. The third kappa shape index (κ3) is 1.20. The first-order valence-electron chi connectivity index (χ1n) is 3.74. The van der Waals surface area contributed by atoms with Crippen LogP contribution in [0.15, 0.2) is 12.2 Å². The number of hydrogen-bond donors (Lipinski definition) is 2. The van der Waals surface area contributed by atoms with E-state index in [1.165, 1.54) is 6.08 Å². The summed E-state index contributed by atoms with van der Waals surface area (Å²) >= 11 is 0. The number of carboxylic acids is 2. The molecule has 0 atom stereocenters. The molecule has 0 aromatic rings. The summed E-state index contributed by atoms with van der Waals surface area (Å²) in [6, 6.07) is 0. The van der Waals surface area contributed by atoms with E-state index >= 15 is 0 Å². The van der Waals surface area contributed by atoms with E-state index < -0.39 is 17.4 Å². The van der Waals surface area contributed by atoms with Crippen LogP contribution >= 0.6 is 0 Å². The maximum absolute atomic E-state index is 10.7. The third-order valence-corrected chi connectivity index (χ3v) is 2.11. The lowest BCUT2D eigenvalue weighted by Gasteiger charge is -2.23. The molecule has 1 aliphatic rings. The van der Waals surface area contributed by atoms with Crippen molar-refractivity contribution < 1.29 is 19.8 Å². The van der Waals surface area contributed by atoms with Gasteiger partial charge in [-0.2, -0.15) is 0 Å². The molecule has 66 valence electrons. The fourth-order valence-electron chi connectivity index (χ4n) is 1.31. The van der Waals surface area contributed by atoms with Gasteiger partial charge in [-0.1, -0.05) is 12.2 Å². The van der Waals surface area contributed by atoms with E-state index in [0.29, 0.717) is 6.42 Å². The van der Waals surface area contributed by atoms with Crippen LogP contribution in [0.4, 0.5) is 0 Å². The zero-order valence-corrected chi connectivity index (χ0v) is 6.49. The van der Waals surface area contributed by atoms with Gasteiger partial charge in [-0.25, -0.2) is 0 Å². The molecule has 0 unspecified atom stereocenters. The Bertz CT molecular complexity index is 227. The third-order valence-electron chi connectivity index (χ3n) is 2.11. The van der Waals surface area contributed by atoms with E-state index in [4.69, 9.17) is 10.2 Å². The molecule has 1 rings (SSSR count). The highest BCUT2D eigenvalue weighted by molar-refractivity contribution is 6.00. The summed E-state index contributed by atoms with van der Waals surface area (Å²) in [6.45, 7) is 0. The quantitative estimate of drug-likeness (QED) is 0.476. The van der Waals surface area contributed by atoms with Crippen molar-refractivity contribution in [2.45, 2.75) is 19.3 Å². The highest BCUT2D eigenvalue weighted by Gasteiger charge is 2.44. The topological polar surface area (TPSA) is 74.6 Å². The fraction of sp³-hybridized carbons (Fsp3) is 0.500. The minimum absolute atomic E-state index is 0.189. The standard InChI is InChI=1S/C8H10O4/c9-6(10)8(7(11)12)4-2-1-3-5-8/h2,4H,1,3,5H2,(H,9,10)(H,11,12). The minimum Gasteiger partial charge on any atom is -0.480 e. The van der Waals surface area contributed by atoms with Crippen molar-refractivity contribution in [2.24, 2.45) is 5.41 Å². The molecule has 0 saturated carbocycles. The molecule has 0 amide bonds. The molecule has 0 aromatic carbocycles. The van der Waals surface area contributed by atoms with E-state index in [0.717, 1.165) is 6.42 Å². The van der Waals surface area contributed by atoms with Gasteiger partial charge < -0.3 is 10.2 Å². The van der Waals surface area contributed by atoms with E-state index in [2.05, 4.69) is 0 Å². The number of allylic oxidation sites excluding steroid dienone is 1. The maximum Gasteiger partial charge on any atom is 0.324 e. The van der Waals surface area contributed by atoms with Gasteiger partial charge in [0, 0.05) is 0 Å². The summed E-state index contributed by atoms with van der Waals surface area (Å²) in [6.07, 6.45) is 4.47. The number of hydrogen-bond acceptors (Lipinski definition) is 2. The van der Waals surface area contributed by atoms with Gasteiger partial charge in [-0.05, 0) is 19.3 Å². The molecule has 0 radical (unpaired) electrons. The minimum atomic E-state index is -1.67. The van der Waals surface area contributed by atoms with Gasteiger partial charge in [0.15, 0.2) is 5.41 Å². The Kier molecular flexibility index (Phi) is 2.17. The normalized spacial score (nSPS) is 20.3. The molecule has 4 nitrogen and oxygen atoms in total. The molecule has 0 fully saturated rings. The average Bonchev–Trinajstić information content (AvgIpc) is 2.05. The van der Waals surface area contributed by atoms with Crippen molar-refractivity contribution in [1.29, 1.82) is 0 Å². The van der Waals surface area contributed by atoms with Crippen molar-refractivity contribution in [3.05, 3.63) is 12.2 Å². The lowest BCUT2D eigenvalue weighted by atomic mass is 9.79. The fourth-order valence-corrected chi connectivity index (χ4v) is 1.31. The van der Waals surface area contributed by atoms with Gasteiger partial charge in [-0.15, -0.1) is 0 Å². The molecular weight excluding hydrogens is 160 g/mol. The smallest absolute Gasteiger partial charge is 0.324 e. The molecule has 0 bridgehead atoms. The van der Waals surface area contributed by atoms with Gasteiger partial charge in [0.2, 0.25) is 0 Å². The summed E-state index contributed by atoms with van der Waals surface area (Å²) in [5, 5.41) is 17.5. The maximum atomic E-state index is 10.7. The molecule has 0 aromatic heterocycles. The van der Waals surface area contributed by atoms with Crippen LogP contribution in [-0.4, -0.2) is 22.2 Å². The monoisotopic (exact) mass is 170 g/mol. The van der Waals surface area contributed by atoms with Crippen LogP contribution in [0, 0.1) is 5.41 Å². The van der Waals surface area contributed by atoms with Crippen LogP contribution in [0.2, 0.25) is 0 Å². The molecule has 0 saturated heterocycles. The Morgan fingerprint density at radius 3 is 2.08 bits per heavy atom. The highest BCUT2D eigenvalue weighted by atomic mass is 16.4. The Labute approximate surface area is 69.5 Å². The SMILES string of the molecule is O=C(O)C1(C(=O)O)C=CCCC1. The van der Waals surface area contributed by atoms with Crippen LogP contribution in [-0.2, 0) is 9.59 Å². The largest absolute Gasteiger partial charge is 0.480 e. The first-order valence-corrected chi connectivity index (χ1v) is 3.74.